The van der Waals surface area contributed by atoms with E-state index in [1.165, 1.54) is 57.5 Å². The fourth-order valence-corrected chi connectivity index (χ4v) is 3.77. The zero-order valence-corrected chi connectivity index (χ0v) is 12.3. The molecule has 1 aliphatic heterocycles. The number of thioether (sulfide) groups is 1. The summed E-state index contributed by atoms with van der Waals surface area (Å²) in [4.78, 5) is 2.71. The number of hydrogen-bond donors (Lipinski definition) is 1. The van der Waals surface area contributed by atoms with E-state index >= 15 is 0 Å². The topological polar surface area (TPSA) is 15.3 Å². The van der Waals surface area contributed by atoms with Crippen molar-refractivity contribution in [2.75, 3.05) is 25.4 Å². The minimum Gasteiger partial charge on any atom is -0.314 e. The molecule has 2 aliphatic rings. The minimum atomic E-state index is 0.783. The maximum atomic E-state index is 3.61. The summed E-state index contributed by atoms with van der Waals surface area (Å²) in [6.07, 6.45) is 6.87. The van der Waals surface area contributed by atoms with Crippen LogP contribution in [-0.2, 0) is 0 Å². The average Bonchev–Trinajstić information content (AvgIpc) is 3.18. The van der Waals surface area contributed by atoms with Gasteiger partial charge in [0.2, 0.25) is 0 Å². The van der Waals surface area contributed by atoms with Crippen molar-refractivity contribution in [3.05, 3.63) is 0 Å². The minimum absolute atomic E-state index is 0.783. The molecule has 0 aromatic heterocycles. The molecular formula is C14H28N2S. The highest BCUT2D eigenvalue weighted by Gasteiger charge is 2.23. The summed E-state index contributed by atoms with van der Waals surface area (Å²) in [7, 11) is 0. The van der Waals surface area contributed by atoms with Gasteiger partial charge in [0.1, 0.15) is 0 Å². The van der Waals surface area contributed by atoms with E-state index in [1.807, 2.05) is 0 Å². The first-order chi connectivity index (χ1) is 8.29. The summed E-state index contributed by atoms with van der Waals surface area (Å²) < 4.78 is 0. The molecule has 3 heteroatoms. The van der Waals surface area contributed by atoms with Crippen LogP contribution in [0.15, 0.2) is 0 Å². The molecule has 0 aromatic rings. The van der Waals surface area contributed by atoms with Crippen LogP contribution in [0.2, 0.25) is 0 Å². The highest BCUT2D eigenvalue weighted by Crippen LogP contribution is 2.23. The fraction of sp³-hybridized carbons (Fsp3) is 1.00. The van der Waals surface area contributed by atoms with Crippen LogP contribution in [0.4, 0.5) is 0 Å². The van der Waals surface area contributed by atoms with Gasteiger partial charge in [0.25, 0.3) is 0 Å². The molecule has 17 heavy (non-hydrogen) atoms. The molecule has 2 rings (SSSR count). The molecule has 100 valence electrons. The molecule has 2 unspecified atom stereocenters. The van der Waals surface area contributed by atoms with Gasteiger partial charge in [-0.05, 0) is 45.6 Å². The standard InChI is InChI=1S/C14H28N2S/c1-3-14-11-16(9-10-17-14)12(2)5-4-8-15-13-6-7-13/h12-15H,3-11H2,1-2H3. The molecule has 2 nitrogen and oxygen atoms in total. The number of hydrogen-bond acceptors (Lipinski definition) is 3. The second-order valence-electron chi connectivity index (χ2n) is 5.62. The lowest BCUT2D eigenvalue weighted by atomic mass is 10.1. The zero-order chi connectivity index (χ0) is 12.1. The molecule has 2 atom stereocenters. The van der Waals surface area contributed by atoms with E-state index in [9.17, 15) is 0 Å². The van der Waals surface area contributed by atoms with E-state index in [4.69, 9.17) is 0 Å². The Labute approximate surface area is 111 Å². The van der Waals surface area contributed by atoms with Crippen molar-refractivity contribution in [3.8, 4) is 0 Å². The highest BCUT2D eigenvalue weighted by atomic mass is 32.2. The predicted octanol–water partition coefficient (Wildman–Crippen LogP) is 2.73. The van der Waals surface area contributed by atoms with Gasteiger partial charge in [0.05, 0.1) is 0 Å². The van der Waals surface area contributed by atoms with Crippen molar-refractivity contribution in [2.45, 2.75) is 63.3 Å². The lowest BCUT2D eigenvalue weighted by Crippen LogP contribution is -2.43. The number of nitrogens with one attached hydrogen (secondary N) is 1. The van der Waals surface area contributed by atoms with E-state index in [-0.39, 0.29) is 0 Å². The third-order valence-electron chi connectivity index (χ3n) is 4.06. The molecule has 2 fully saturated rings. The van der Waals surface area contributed by atoms with E-state index in [1.54, 1.807) is 0 Å². The van der Waals surface area contributed by atoms with Gasteiger partial charge in [-0.3, -0.25) is 4.90 Å². The average molecular weight is 256 g/mol. The molecule has 0 amide bonds. The SMILES string of the molecule is CCC1CN(C(C)CCCNC2CC2)CCS1. The molecule has 0 spiro atoms. The van der Waals surface area contributed by atoms with Gasteiger partial charge in [0.15, 0.2) is 0 Å². The van der Waals surface area contributed by atoms with Gasteiger partial charge in [0, 0.05) is 36.2 Å². The van der Waals surface area contributed by atoms with E-state index < -0.39 is 0 Å². The lowest BCUT2D eigenvalue weighted by Gasteiger charge is -2.36. The summed E-state index contributed by atoms with van der Waals surface area (Å²) in [6.45, 7) is 8.59. The van der Waals surface area contributed by atoms with E-state index in [0.717, 1.165) is 17.3 Å². The van der Waals surface area contributed by atoms with Gasteiger partial charge in [-0.25, -0.2) is 0 Å². The van der Waals surface area contributed by atoms with Crippen LogP contribution >= 0.6 is 11.8 Å². The van der Waals surface area contributed by atoms with Crippen LogP contribution in [0.25, 0.3) is 0 Å². The van der Waals surface area contributed by atoms with Crippen molar-refractivity contribution in [3.63, 3.8) is 0 Å². The smallest absolute Gasteiger partial charge is 0.0172 e. The Morgan fingerprint density at radius 1 is 1.41 bits per heavy atom. The fourth-order valence-electron chi connectivity index (χ4n) is 2.56. The molecule has 1 heterocycles. The Balaban J connectivity index is 1.58. The predicted molar refractivity (Wildman–Crippen MR) is 77.8 cm³/mol. The Bertz CT molecular complexity index is 218. The van der Waals surface area contributed by atoms with Crippen LogP contribution in [0.5, 0.6) is 0 Å². The van der Waals surface area contributed by atoms with Crippen LogP contribution in [0, 0.1) is 0 Å². The Hall–Kier alpha value is 0.270. The molecular weight excluding hydrogens is 228 g/mol. The molecule has 1 N–H and O–H groups in total. The highest BCUT2D eigenvalue weighted by molar-refractivity contribution is 8.00. The van der Waals surface area contributed by atoms with Crippen molar-refractivity contribution >= 4 is 11.8 Å². The van der Waals surface area contributed by atoms with Crippen molar-refractivity contribution in [1.82, 2.24) is 10.2 Å². The molecule has 1 aliphatic carbocycles. The maximum absolute atomic E-state index is 3.61. The maximum Gasteiger partial charge on any atom is 0.0172 e. The van der Waals surface area contributed by atoms with Gasteiger partial charge < -0.3 is 5.32 Å². The van der Waals surface area contributed by atoms with Crippen LogP contribution < -0.4 is 5.32 Å². The van der Waals surface area contributed by atoms with Crippen LogP contribution in [-0.4, -0.2) is 47.6 Å². The van der Waals surface area contributed by atoms with Gasteiger partial charge in [-0.2, -0.15) is 11.8 Å². The van der Waals surface area contributed by atoms with Crippen LogP contribution in [0.1, 0.15) is 46.0 Å². The second kappa shape index (κ2) is 7.01. The largest absolute Gasteiger partial charge is 0.314 e. The van der Waals surface area contributed by atoms with E-state index in [2.05, 4.69) is 35.8 Å². The second-order valence-corrected chi connectivity index (χ2v) is 7.02. The number of rotatable bonds is 7. The summed E-state index contributed by atoms with van der Waals surface area (Å²) >= 11 is 2.17. The monoisotopic (exact) mass is 256 g/mol. The Kier molecular flexibility index (Phi) is 5.64. The third kappa shape index (κ3) is 4.80. The zero-order valence-electron chi connectivity index (χ0n) is 11.5. The molecule has 0 aromatic carbocycles. The molecule has 1 saturated heterocycles. The van der Waals surface area contributed by atoms with Crippen molar-refractivity contribution in [2.24, 2.45) is 0 Å². The Morgan fingerprint density at radius 3 is 2.94 bits per heavy atom. The van der Waals surface area contributed by atoms with Gasteiger partial charge in [-0.15, -0.1) is 0 Å². The third-order valence-corrected chi connectivity index (χ3v) is 5.43. The lowest BCUT2D eigenvalue weighted by molar-refractivity contribution is 0.202. The van der Waals surface area contributed by atoms with E-state index in [0.29, 0.717) is 0 Å². The summed E-state index contributed by atoms with van der Waals surface area (Å²) in [5.41, 5.74) is 0. The first-order valence-corrected chi connectivity index (χ1v) is 8.43. The van der Waals surface area contributed by atoms with Crippen molar-refractivity contribution < 1.29 is 0 Å². The first-order valence-electron chi connectivity index (χ1n) is 7.38. The first kappa shape index (κ1) is 13.7. The summed E-state index contributed by atoms with van der Waals surface area (Å²) in [5.74, 6) is 1.34. The quantitative estimate of drug-likeness (QED) is 0.705. The Morgan fingerprint density at radius 2 is 2.24 bits per heavy atom. The molecule has 1 saturated carbocycles. The van der Waals surface area contributed by atoms with Gasteiger partial charge in [-0.1, -0.05) is 6.92 Å². The number of nitrogens with zero attached hydrogens (tertiary/aromatic N) is 1. The molecule has 0 bridgehead atoms. The molecule has 0 radical (unpaired) electrons. The van der Waals surface area contributed by atoms with Crippen LogP contribution in [0.3, 0.4) is 0 Å². The normalized spacial score (nSPS) is 28.2. The van der Waals surface area contributed by atoms with Crippen molar-refractivity contribution in [1.29, 1.82) is 0 Å². The summed E-state index contributed by atoms with van der Waals surface area (Å²) in [5, 5.41) is 4.50. The van der Waals surface area contributed by atoms with Gasteiger partial charge >= 0.3 is 0 Å². The summed E-state index contributed by atoms with van der Waals surface area (Å²) in [6, 6.07) is 1.66.